The van der Waals surface area contributed by atoms with Crippen LogP contribution in [0.15, 0.2) is 4.99 Å². The molecule has 1 aliphatic rings. The first kappa shape index (κ1) is 16.3. The molecule has 0 aromatic carbocycles. The molecular formula is C15H31N3O. The molecule has 1 rings (SSSR count). The van der Waals surface area contributed by atoms with Crippen LogP contribution >= 0.6 is 0 Å². The lowest BCUT2D eigenvalue weighted by molar-refractivity contribution is -0.0625. The van der Waals surface area contributed by atoms with E-state index in [9.17, 15) is 0 Å². The Morgan fingerprint density at radius 1 is 1.16 bits per heavy atom. The lowest BCUT2D eigenvalue weighted by atomic mass is 9.84. The van der Waals surface area contributed by atoms with E-state index in [1.165, 1.54) is 19.3 Å². The molecule has 0 spiro atoms. The van der Waals surface area contributed by atoms with Gasteiger partial charge in [0.25, 0.3) is 0 Å². The Labute approximate surface area is 118 Å². The minimum Gasteiger partial charge on any atom is -0.373 e. The Bertz CT molecular complexity index is 269. The lowest BCUT2D eigenvalue weighted by Gasteiger charge is -2.36. The van der Waals surface area contributed by atoms with Gasteiger partial charge in [0.1, 0.15) is 0 Å². The van der Waals surface area contributed by atoms with Gasteiger partial charge in [0.2, 0.25) is 0 Å². The summed E-state index contributed by atoms with van der Waals surface area (Å²) in [6.07, 6.45) is 7.16. The molecule has 1 aliphatic carbocycles. The van der Waals surface area contributed by atoms with E-state index in [-0.39, 0.29) is 5.60 Å². The summed E-state index contributed by atoms with van der Waals surface area (Å²) in [6, 6.07) is 0. The number of ether oxygens (including phenoxy) is 1. The Hall–Kier alpha value is -0.770. The average Bonchev–Trinajstić information content (AvgIpc) is 2.45. The molecular weight excluding hydrogens is 238 g/mol. The molecule has 0 unspecified atom stereocenters. The van der Waals surface area contributed by atoms with Gasteiger partial charge in [0, 0.05) is 19.7 Å². The normalized spacial score (nSPS) is 19.4. The monoisotopic (exact) mass is 269 g/mol. The topological polar surface area (TPSA) is 50.9 Å². The summed E-state index contributed by atoms with van der Waals surface area (Å²) in [7, 11) is 0. The third kappa shape index (κ3) is 5.01. The summed E-state index contributed by atoms with van der Waals surface area (Å²) in [5.74, 6) is 0.662. The third-order valence-corrected chi connectivity index (χ3v) is 3.99. The van der Waals surface area contributed by atoms with Gasteiger partial charge < -0.3 is 15.4 Å². The van der Waals surface area contributed by atoms with Crippen LogP contribution in [-0.4, -0.2) is 42.7 Å². The highest BCUT2D eigenvalue weighted by Gasteiger charge is 2.32. The van der Waals surface area contributed by atoms with Crippen LogP contribution < -0.4 is 5.73 Å². The van der Waals surface area contributed by atoms with Crippen molar-refractivity contribution in [2.24, 2.45) is 10.7 Å². The number of hydrogen-bond donors (Lipinski definition) is 1. The Morgan fingerprint density at radius 2 is 1.79 bits per heavy atom. The Kier molecular flexibility index (Phi) is 7.21. The van der Waals surface area contributed by atoms with Gasteiger partial charge in [-0.25, -0.2) is 0 Å². The summed E-state index contributed by atoms with van der Waals surface area (Å²) >= 11 is 0. The second kappa shape index (κ2) is 8.41. The maximum absolute atomic E-state index is 6.14. The van der Waals surface area contributed by atoms with Crippen molar-refractivity contribution in [3.63, 3.8) is 0 Å². The van der Waals surface area contributed by atoms with Crippen molar-refractivity contribution in [3.8, 4) is 0 Å². The largest absolute Gasteiger partial charge is 0.373 e. The van der Waals surface area contributed by atoms with Crippen molar-refractivity contribution in [3.05, 3.63) is 0 Å². The van der Waals surface area contributed by atoms with Crippen molar-refractivity contribution in [1.29, 1.82) is 0 Å². The fourth-order valence-electron chi connectivity index (χ4n) is 2.74. The van der Waals surface area contributed by atoms with E-state index >= 15 is 0 Å². The van der Waals surface area contributed by atoms with Gasteiger partial charge in [0.15, 0.2) is 5.96 Å². The van der Waals surface area contributed by atoms with Gasteiger partial charge >= 0.3 is 0 Å². The molecule has 2 N–H and O–H groups in total. The minimum atomic E-state index is -0.0496. The first-order valence-corrected chi connectivity index (χ1v) is 7.86. The molecule has 0 atom stereocenters. The van der Waals surface area contributed by atoms with E-state index in [1.807, 2.05) is 0 Å². The quantitative estimate of drug-likeness (QED) is 0.571. The summed E-state index contributed by atoms with van der Waals surface area (Å²) < 4.78 is 6.14. The zero-order chi connectivity index (χ0) is 14.1. The van der Waals surface area contributed by atoms with Gasteiger partial charge in [-0.2, -0.15) is 0 Å². The molecule has 0 aromatic rings. The predicted molar refractivity (Wildman–Crippen MR) is 81.5 cm³/mol. The van der Waals surface area contributed by atoms with E-state index in [4.69, 9.17) is 10.5 Å². The molecule has 1 fully saturated rings. The van der Waals surface area contributed by atoms with Crippen molar-refractivity contribution in [2.45, 2.75) is 64.9 Å². The molecule has 4 heteroatoms. The highest BCUT2D eigenvalue weighted by molar-refractivity contribution is 5.78. The number of hydrogen-bond acceptors (Lipinski definition) is 2. The number of aliphatic imine (C=N–C) groups is 1. The van der Waals surface area contributed by atoms with Crippen LogP contribution in [0.4, 0.5) is 0 Å². The molecule has 0 heterocycles. The molecule has 0 aromatic heterocycles. The van der Waals surface area contributed by atoms with Crippen LogP contribution in [0, 0.1) is 0 Å². The van der Waals surface area contributed by atoms with Crippen LogP contribution in [0.3, 0.4) is 0 Å². The van der Waals surface area contributed by atoms with Crippen LogP contribution in [0.1, 0.15) is 59.3 Å². The summed E-state index contributed by atoms with van der Waals surface area (Å²) in [6.45, 7) is 9.75. The summed E-state index contributed by atoms with van der Waals surface area (Å²) in [5.41, 5.74) is 6.01. The van der Waals surface area contributed by atoms with Crippen LogP contribution in [0.25, 0.3) is 0 Å². The smallest absolute Gasteiger partial charge is 0.191 e. The van der Waals surface area contributed by atoms with Crippen molar-refractivity contribution < 1.29 is 4.74 Å². The average molecular weight is 269 g/mol. The number of guanidine groups is 1. The second-order valence-corrected chi connectivity index (χ2v) is 5.44. The van der Waals surface area contributed by atoms with Crippen LogP contribution in [0.5, 0.6) is 0 Å². The number of rotatable bonds is 7. The fraction of sp³-hybridized carbons (Fsp3) is 0.933. The number of nitrogens with two attached hydrogens (primary N) is 1. The van der Waals surface area contributed by atoms with E-state index in [1.54, 1.807) is 0 Å². The molecule has 1 saturated carbocycles. The molecule has 0 radical (unpaired) electrons. The molecule has 0 aliphatic heterocycles. The van der Waals surface area contributed by atoms with Crippen molar-refractivity contribution in [1.82, 2.24) is 4.90 Å². The molecule has 0 bridgehead atoms. The van der Waals surface area contributed by atoms with E-state index < -0.39 is 0 Å². The zero-order valence-corrected chi connectivity index (χ0v) is 13.0. The van der Waals surface area contributed by atoms with Gasteiger partial charge in [-0.15, -0.1) is 0 Å². The van der Waals surface area contributed by atoms with Gasteiger partial charge in [0.05, 0.1) is 12.1 Å². The maximum atomic E-state index is 6.14. The molecule has 0 amide bonds. The van der Waals surface area contributed by atoms with E-state index in [0.29, 0.717) is 5.96 Å². The summed E-state index contributed by atoms with van der Waals surface area (Å²) in [5, 5.41) is 0. The van der Waals surface area contributed by atoms with Gasteiger partial charge in [-0.05, 0) is 33.1 Å². The lowest BCUT2D eigenvalue weighted by Crippen LogP contribution is -2.42. The molecule has 4 nitrogen and oxygen atoms in total. The van der Waals surface area contributed by atoms with Crippen LogP contribution in [-0.2, 0) is 4.74 Å². The molecule has 112 valence electrons. The zero-order valence-electron chi connectivity index (χ0n) is 13.0. The predicted octanol–water partition coefficient (Wildman–Crippen LogP) is 2.77. The molecule has 0 saturated heterocycles. The number of nitrogens with zero attached hydrogens (tertiary/aromatic N) is 2. The first-order valence-electron chi connectivity index (χ1n) is 7.86. The first-order chi connectivity index (χ1) is 9.17. The summed E-state index contributed by atoms with van der Waals surface area (Å²) in [4.78, 5) is 6.70. The highest BCUT2D eigenvalue weighted by Crippen LogP contribution is 2.32. The van der Waals surface area contributed by atoms with Crippen molar-refractivity contribution in [2.75, 3.05) is 26.2 Å². The van der Waals surface area contributed by atoms with E-state index in [0.717, 1.165) is 45.5 Å². The van der Waals surface area contributed by atoms with Crippen LogP contribution in [0.2, 0.25) is 0 Å². The standard InChI is InChI=1S/C15H31N3O/c1-4-12-19-15(10-8-7-9-11-15)13-17-14(16)18(5-2)6-3/h4-13H2,1-3H3,(H2,16,17). The second-order valence-electron chi connectivity index (χ2n) is 5.44. The minimum absolute atomic E-state index is 0.0496. The van der Waals surface area contributed by atoms with Gasteiger partial charge in [-0.1, -0.05) is 26.2 Å². The fourth-order valence-corrected chi connectivity index (χ4v) is 2.74. The maximum Gasteiger partial charge on any atom is 0.191 e. The van der Waals surface area contributed by atoms with E-state index in [2.05, 4.69) is 30.7 Å². The van der Waals surface area contributed by atoms with Crippen molar-refractivity contribution >= 4 is 5.96 Å². The van der Waals surface area contributed by atoms with Gasteiger partial charge in [-0.3, -0.25) is 4.99 Å². The third-order valence-electron chi connectivity index (χ3n) is 3.99. The SMILES string of the molecule is CCCOC1(CN=C(N)N(CC)CC)CCCCC1. The highest BCUT2D eigenvalue weighted by atomic mass is 16.5. The Morgan fingerprint density at radius 3 is 2.32 bits per heavy atom. The molecule has 19 heavy (non-hydrogen) atoms. The Balaban J connectivity index is 2.63.